The number of methoxy groups -OCH3 is 1. The van der Waals surface area contributed by atoms with E-state index in [9.17, 15) is 32.7 Å². The number of benzene rings is 3. The van der Waals surface area contributed by atoms with Gasteiger partial charge in [-0.1, -0.05) is 93.1 Å². The summed E-state index contributed by atoms with van der Waals surface area (Å²) in [6.45, 7) is 3.90. The van der Waals surface area contributed by atoms with Gasteiger partial charge in [0.2, 0.25) is 11.8 Å². The van der Waals surface area contributed by atoms with E-state index in [0.717, 1.165) is 16.7 Å². The van der Waals surface area contributed by atoms with Gasteiger partial charge in [-0.3, -0.25) is 14.4 Å². The zero-order valence-electron chi connectivity index (χ0n) is 28.7. The Kier molecular flexibility index (Phi) is 13.4. The smallest absolute Gasteiger partial charge is 0.471 e. The highest BCUT2D eigenvalue weighted by atomic mass is 19.4. The number of alkyl halides is 3. The lowest BCUT2D eigenvalue weighted by molar-refractivity contribution is -0.177. The zero-order valence-corrected chi connectivity index (χ0v) is 28.7. The maximum Gasteiger partial charge on any atom is 0.471 e. The summed E-state index contributed by atoms with van der Waals surface area (Å²) in [5.41, 5.74) is 0.905. The largest absolute Gasteiger partial charge is 0.497 e. The first kappa shape index (κ1) is 38.4. The molecule has 5 atom stereocenters. The van der Waals surface area contributed by atoms with Crippen LogP contribution in [0, 0.1) is 5.92 Å². The van der Waals surface area contributed by atoms with Gasteiger partial charge in [-0.25, -0.2) is 0 Å². The van der Waals surface area contributed by atoms with Crippen molar-refractivity contribution in [3.05, 3.63) is 102 Å². The number of aliphatic hydroxyl groups is 1. The second-order valence-electron chi connectivity index (χ2n) is 12.9. The van der Waals surface area contributed by atoms with Crippen molar-refractivity contribution in [3.8, 4) is 5.75 Å². The molecule has 0 aromatic heterocycles. The van der Waals surface area contributed by atoms with Crippen LogP contribution in [0.15, 0.2) is 84.9 Å². The van der Waals surface area contributed by atoms with Crippen molar-refractivity contribution >= 4 is 17.7 Å². The molecule has 3 aromatic carbocycles. The van der Waals surface area contributed by atoms with E-state index in [1.165, 1.54) is 4.90 Å². The van der Waals surface area contributed by atoms with Crippen molar-refractivity contribution in [2.45, 2.75) is 82.4 Å². The Balaban J connectivity index is 1.59. The molecule has 50 heavy (non-hydrogen) atoms. The number of likely N-dealkylation sites (tertiary alicyclic amines) is 1. The van der Waals surface area contributed by atoms with Crippen LogP contribution in [0.4, 0.5) is 13.2 Å². The molecule has 0 saturated carbocycles. The number of amides is 3. The van der Waals surface area contributed by atoms with E-state index >= 15 is 0 Å². The van der Waals surface area contributed by atoms with Crippen LogP contribution in [0.5, 0.6) is 5.75 Å². The van der Waals surface area contributed by atoms with Gasteiger partial charge in [0, 0.05) is 19.6 Å². The maximum absolute atomic E-state index is 14.3. The van der Waals surface area contributed by atoms with Gasteiger partial charge >= 0.3 is 12.1 Å². The third-order valence-corrected chi connectivity index (χ3v) is 9.57. The molecule has 0 spiro atoms. The molecule has 12 heteroatoms. The van der Waals surface area contributed by atoms with E-state index in [1.807, 2.05) is 90.2 Å². The number of hydrogen-bond donors (Lipinski definition) is 4. The van der Waals surface area contributed by atoms with E-state index in [1.54, 1.807) is 21.0 Å². The third-order valence-electron chi connectivity index (χ3n) is 9.57. The van der Waals surface area contributed by atoms with Gasteiger partial charge in [0.1, 0.15) is 17.3 Å². The van der Waals surface area contributed by atoms with E-state index < -0.39 is 53.5 Å². The normalized spacial score (nSPS) is 18.6. The molecule has 1 saturated heterocycles. The molecule has 9 nitrogen and oxygen atoms in total. The van der Waals surface area contributed by atoms with Crippen molar-refractivity contribution < 1.29 is 37.4 Å². The summed E-state index contributed by atoms with van der Waals surface area (Å²) in [6.07, 6.45) is -5.12. The summed E-state index contributed by atoms with van der Waals surface area (Å²) in [5.74, 6) is -3.38. The zero-order chi connectivity index (χ0) is 36.3. The van der Waals surface area contributed by atoms with Gasteiger partial charge in [0.15, 0.2) is 0 Å². The Morgan fingerprint density at radius 1 is 0.980 bits per heavy atom. The number of halogens is 3. The molecule has 270 valence electrons. The average molecular weight is 697 g/mol. The first-order chi connectivity index (χ1) is 23.9. The number of nitrogens with zero attached hydrogens (tertiary/aromatic N) is 1. The van der Waals surface area contributed by atoms with Crippen molar-refractivity contribution in [2.75, 3.05) is 20.2 Å². The standard InChI is InChI=1S/C38H47F3N4O5/c1-4-26(2)37(44-35(48)38(39,40)41)20-21-45(36(37)49)32(19-18-27-12-7-5-8-13-27)34(47)43-31(23-28-14-9-6-10-15-28)33(46)25-42-24-29-16-11-17-30(22-29)50-3/h5-17,22,26,31-33,42,46H,4,18-21,23-25H2,1-3H3,(H,43,47)(H,44,48)/t26-,31-,32-,33+,37-/m0/s1. The number of carbonyl (C=O) groups is 3. The van der Waals surface area contributed by atoms with Crippen LogP contribution >= 0.6 is 0 Å². The van der Waals surface area contributed by atoms with Gasteiger partial charge in [-0.05, 0) is 60.4 Å². The van der Waals surface area contributed by atoms with Crippen LogP contribution in [0.2, 0.25) is 0 Å². The number of carbonyl (C=O) groups excluding carboxylic acids is 3. The van der Waals surface area contributed by atoms with E-state index in [0.29, 0.717) is 25.1 Å². The van der Waals surface area contributed by atoms with Crippen LogP contribution in [0.1, 0.15) is 49.8 Å². The second kappa shape index (κ2) is 17.5. The van der Waals surface area contributed by atoms with Gasteiger partial charge in [0.25, 0.3) is 0 Å². The number of hydrogen-bond acceptors (Lipinski definition) is 6. The van der Waals surface area contributed by atoms with Crippen LogP contribution in [-0.2, 0) is 33.8 Å². The Morgan fingerprint density at radius 2 is 1.62 bits per heavy atom. The van der Waals surface area contributed by atoms with E-state index in [4.69, 9.17) is 4.74 Å². The number of aliphatic hydroxyl groups excluding tert-OH is 1. The first-order valence-corrected chi connectivity index (χ1v) is 17.0. The summed E-state index contributed by atoms with van der Waals surface area (Å²) < 4.78 is 45.6. The van der Waals surface area contributed by atoms with Crippen LogP contribution in [0.3, 0.4) is 0 Å². The maximum atomic E-state index is 14.3. The summed E-state index contributed by atoms with van der Waals surface area (Å²) in [6, 6.07) is 24.4. The first-order valence-electron chi connectivity index (χ1n) is 17.0. The Morgan fingerprint density at radius 3 is 2.24 bits per heavy atom. The molecule has 0 unspecified atom stereocenters. The SMILES string of the molecule is CC[C@H](C)[C@@]1(NC(=O)C(F)(F)F)CCN([C@@H](CCc2ccccc2)C(=O)N[C@@H](Cc2ccccc2)[C@H](O)CNCc2cccc(OC)c2)C1=O. The number of nitrogens with one attached hydrogen (secondary N) is 3. The second-order valence-corrected chi connectivity index (χ2v) is 12.9. The fourth-order valence-electron chi connectivity index (χ4n) is 6.47. The summed E-state index contributed by atoms with van der Waals surface area (Å²) in [5, 5.41) is 19.7. The molecule has 1 aliphatic heterocycles. The molecule has 0 bridgehead atoms. The lowest BCUT2D eigenvalue weighted by atomic mass is 9.81. The van der Waals surface area contributed by atoms with Gasteiger partial charge < -0.3 is 30.7 Å². The van der Waals surface area contributed by atoms with Crippen molar-refractivity contribution in [2.24, 2.45) is 5.92 Å². The van der Waals surface area contributed by atoms with Crippen LogP contribution < -0.4 is 20.7 Å². The Hall–Kier alpha value is -4.42. The topological polar surface area (TPSA) is 120 Å². The summed E-state index contributed by atoms with van der Waals surface area (Å²) in [4.78, 5) is 41.9. The lowest BCUT2D eigenvalue weighted by Crippen LogP contribution is -2.62. The van der Waals surface area contributed by atoms with E-state index in [-0.39, 0.29) is 32.4 Å². The highest BCUT2D eigenvalue weighted by Gasteiger charge is 2.56. The fraction of sp³-hybridized carbons (Fsp3) is 0.447. The molecule has 4 rings (SSSR count). The minimum absolute atomic E-state index is 0.0256. The summed E-state index contributed by atoms with van der Waals surface area (Å²) >= 11 is 0. The van der Waals surface area contributed by atoms with Gasteiger partial charge in [-0.15, -0.1) is 0 Å². The molecular formula is C38H47F3N4O5. The predicted molar refractivity (Wildman–Crippen MR) is 184 cm³/mol. The monoisotopic (exact) mass is 696 g/mol. The molecule has 1 heterocycles. The van der Waals surface area contributed by atoms with E-state index in [2.05, 4.69) is 10.6 Å². The van der Waals surface area contributed by atoms with Crippen molar-refractivity contribution in [1.82, 2.24) is 20.9 Å². The Bertz CT molecular complexity index is 1560. The van der Waals surface area contributed by atoms with Crippen molar-refractivity contribution in [3.63, 3.8) is 0 Å². The quantitative estimate of drug-likeness (QED) is 0.164. The molecule has 1 fully saturated rings. The van der Waals surface area contributed by atoms with Gasteiger partial charge in [0.05, 0.1) is 19.3 Å². The lowest BCUT2D eigenvalue weighted by Gasteiger charge is -2.36. The molecular weight excluding hydrogens is 649 g/mol. The van der Waals surface area contributed by atoms with Gasteiger partial charge in [-0.2, -0.15) is 13.2 Å². The number of aryl methyl sites for hydroxylation is 1. The Labute approximate surface area is 291 Å². The molecule has 4 N–H and O–H groups in total. The predicted octanol–water partition coefficient (Wildman–Crippen LogP) is 4.57. The van der Waals surface area contributed by atoms with Crippen molar-refractivity contribution in [1.29, 1.82) is 0 Å². The molecule has 0 radical (unpaired) electrons. The third kappa shape index (κ3) is 9.85. The summed E-state index contributed by atoms with van der Waals surface area (Å²) in [7, 11) is 1.58. The molecule has 3 amide bonds. The molecule has 3 aromatic rings. The highest BCUT2D eigenvalue weighted by molar-refractivity contribution is 5.97. The minimum Gasteiger partial charge on any atom is -0.497 e. The average Bonchev–Trinajstić information content (AvgIpc) is 3.43. The number of rotatable bonds is 17. The molecule has 0 aliphatic carbocycles. The van der Waals surface area contributed by atoms with Crippen LogP contribution in [0.25, 0.3) is 0 Å². The number of ether oxygens (including phenoxy) is 1. The van der Waals surface area contributed by atoms with Crippen LogP contribution in [-0.4, -0.2) is 77.8 Å². The minimum atomic E-state index is -5.18. The fourth-order valence-corrected chi connectivity index (χ4v) is 6.47. The molecule has 1 aliphatic rings. The highest BCUT2D eigenvalue weighted by Crippen LogP contribution is 2.35.